The first kappa shape index (κ1) is 25.9. The average molecular weight is 512 g/mol. The molecular formula is C24H35BrN2O3S. The van der Waals surface area contributed by atoms with Crippen LogP contribution in [-0.2, 0) is 16.1 Å². The number of halogens is 1. The molecule has 1 aromatic rings. The van der Waals surface area contributed by atoms with Crippen molar-refractivity contribution in [2.24, 2.45) is 0 Å². The quantitative estimate of drug-likeness (QED) is 0.141. The molecule has 1 unspecified atom stereocenters. The number of aldehydes is 1. The summed E-state index contributed by atoms with van der Waals surface area (Å²) in [4.78, 5) is 38.8. The van der Waals surface area contributed by atoms with Crippen LogP contribution in [-0.4, -0.2) is 47.2 Å². The zero-order valence-electron chi connectivity index (χ0n) is 18.5. The predicted molar refractivity (Wildman–Crippen MR) is 131 cm³/mol. The van der Waals surface area contributed by atoms with Crippen molar-refractivity contribution in [2.75, 3.05) is 18.1 Å². The van der Waals surface area contributed by atoms with Crippen LogP contribution in [0.5, 0.6) is 0 Å². The molecule has 0 spiro atoms. The fraction of sp³-hybridized carbons (Fsp3) is 0.625. The van der Waals surface area contributed by atoms with E-state index in [0.717, 1.165) is 27.8 Å². The second kappa shape index (κ2) is 14.7. The molecule has 1 N–H and O–H groups in total. The molecule has 172 valence electrons. The minimum absolute atomic E-state index is 0.105. The number of hydrogen-bond donors (Lipinski definition) is 1. The third kappa shape index (κ3) is 8.26. The molecule has 2 amide bonds. The Morgan fingerprint density at radius 1 is 1.16 bits per heavy atom. The summed E-state index contributed by atoms with van der Waals surface area (Å²) in [5.74, 6) is 0.819. The van der Waals surface area contributed by atoms with Crippen LogP contribution in [0.2, 0.25) is 0 Å². The zero-order chi connectivity index (χ0) is 22.5. The van der Waals surface area contributed by atoms with Gasteiger partial charge in [0.25, 0.3) is 5.91 Å². The summed E-state index contributed by atoms with van der Waals surface area (Å²) in [6.07, 6.45) is 11.7. The van der Waals surface area contributed by atoms with E-state index < -0.39 is 6.04 Å². The number of thioether (sulfide) groups is 1. The number of benzene rings is 1. The van der Waals surface area contributed by atoms with Crippen LogP contribution in [0.3, 0.4) is 0 Å². The normalized spacial score (nSPS) is 13.9. The highest BCUT2D eigenvalue weighted by atomic mass is 79.9. The SMILES string of the molecule is CNC(=O)CCC(C=O)N1Cc2c(SCCCCCCCCCCBr)cccc2C1=O. The third-order valence-electron chi connectivity index (χ3n) is 5.74. The van der Waals surface area contributed by atoms with Crippen LogP contribution in [0, 0.1) is 0 Å². The second-order valence-corrected chi connectivity index (χ2v) is 9.93. The van der Waals surface area contributed by atoms with Gasteiger partial charge in [-0.15, -0.1) is 11.8 Å². The molecule has 1 atom stereocenters. The van der Waals surface area contributed by atoms with Gasteiger partial charge in [0.05, 0.1) is 6.04 Å². The van der Waals surface area contributed by atoms with Crippen molar-refractivity contribution in [3.05, 3.63) is 29.3 Å². The molecule has 0 saturated heterocycles. The molecule has 0 bridgehead atoms. The number of nitrogens with zero attached hydrogens (tertiary/aromatic N) is 1. The summed E-state index contributed by atoms with van der Waals surface area (Å²) < 4.78 is 0. The molecule has 0 aliphatic carbocycles. The Hall–Kier alpha value is -1.34. The minimum Gasteiger partial charge on any atom is -0.359 e. The van der Waals surface area contributed by atoms with Gasteiger partial charge in [0.2, 0.25) is 5.91 Å². The maximum Gasteiger partial charge on any atom is 0.255 e. The number of alkyl halides is 1. The summed E-state index contributed by atoms with van der Waals surface area (Å²) in [6.45, 7) is 0.447. The number of amides is 2. The van der Waals surface area contributed by atoms with Crippen molar-refractivity contribution >= 4 is 45.8 Å². The topological polar surface area (TPSA) is 66.5 Å². The van der Waals surface area contributed by atoms with Gasteiger partial charge in [0.15, 0.2) is 0 Å². The lowest BCUT2D eigenvalue weighted by Gasteiger charge is -2.22. The summed E-state index contributed by atoms with van der Waals surface area (Å²) in [7, 11) is 1.57. The van der Waals surface area contributed by atoms with Crippen molar-refractivity contribution in [2.45, 2.75) is 81.7 Å². The van der Waals surface area contributed by atoms with Crippen molar-refractivity contribution in [1.82, 2.24) is 10.2 Å². The highest BCUT2D eigenvalue weighted by Gasteiger charge is 2.34. The monoisotopic (exact) mass is 510 g/mol. The number of carbonyl (C=O) groups excluding carboxylic acids is 3. The summed E-state index contributed by atoms with van der Waals surface area (Å²) in [5, 5.41) is 3.68. The molecule has 7 heteroatoms. The molecular weight excluding hydrogens is 476 g/mol. The fourth-order valence-electron chi connectivity index (χ4n) is 3.87. The Morgan fingerprint density at radius 2 is 1.84 bits per heavy atom. The lowest BCUT2D eigenvalue weighted by Crippen LogP contribution is -2.37. The Kier molecular flexibility index (Phi) is 12.3. The third-order valence-corrected chi connectivity index (χ3v) is 7.49. The predicted octanol–water partition coefficient (Wildman–Crippen LogP) is 5.34. The number of fused-ring (bicyclic) bond motifs is 1. The van der Waals surface area contributed by atoms with E-state index in [9.17, 15) is 14.4 Å². The first-order chi connectivity index (χ1) is 15.1. The van der Waals surface area contributed by atoms with Crippen LogP contribution < -0.4 is 5.32 Å². The molecule has 2 rings (SSSR count). The highest BCUT2D eigenvalue weighted by Crippen LogP contribution is 2.34. The second-order valence-electron chi connectivity index (χ2n) is 8.00. The molecule has 1 aromatic carbocycles. The van der Waals surface area contributed by atoms with Gasteiger partial charge in [0.1, 0.15) is 6.29 Å². The maximum atomic E-state index is 12.9. The average Bonchev–Trinajstić information content (AvgIpc) is 3.12. The number of hydrogen-bond acceptors (Lipinski definition) is 4. The Bertz CT molecular complexity index is 729. The van der Waals surface area contributed by atoms with Gasteiger partial charge in [0, 0.05) is 35.8 Å². The van der Waals surface area contributed by atoms with E-state index in [1.807, 2.05) is 23.9 Å². The van der Waals surface area contributed by atoms with E-state index in [0.29, 0.717) is 18.5 Å². The van der Waals surface area contributed by atoms with Gasteiger partial charge >= 0.3 is 0 Å². The van der Waals surface area contributed by atoms with Crippen LogP contribution in [0.25, 0.3) is 0 Å². The summed E-state index contributed by atoms with van der Waals surface area (Å²) >= 11 is 5.29. The van der Waals surface area contributed by atoms with Gasteiger partial charge in [-0.3, -0.25) is 9.59 Å². The van der Waals surface area contributed by atoms with Crippen molar-refractivity contribution in [3.8, 4) is 0 Å². The van der Waals surface area contributed by atoms with Gasteiger partial charge < -0.3 is 15.0 Å². The fourth-order valence-corrected chi connectivity index (χ4v) is 5.36. The molecule has 31 heavy (non-hydrogen) atoms. The molecule has 1 aliphatic heterocycles. The van der Waals surface area contributed by atoms with Crippen LogP contribution >= 0.6 is 27.7 Å². The smallest absolute Gasteiger partial charge is 0.255 e. The van der Waals surface area contributed by atoms with Gasteiger partial charge in [-0.1, -0.05) is 60.5 Å². The minimum atomic E-state index is -0.565. The van der Waals surface area contributed by atoms with E-state index in [1.165, 1.54) is 51.4 Å². The van der Waals surface area contributed by atoms with Crippen LogP contribution in [0.4, 0.5) is 0 Å². The molecule has 0 saturated carbocycles. The first-order valence-electron chi connectivity index (χ1n) is 11.4. The number of rotatable bonds is 16. The number of carbonyl (C=O) groups is 3. The van der Waals surface area contributed by atoms with E-state index in [1.54, 1.807) is 11.9 Å². The molecule has 5 nitrogen and oxygen atoms in total. The number of nitrogens with one attached hydrogen (secondary N) is 1. The van der Waals surface area contributed by atoms with Crippen molar-refractivity contribution < 1.29 is 14.4 Å². The van der Waals surface area contributed by atoms with E-state index >= 15 is 0 Å². The van der Waals surface area contributed by atoms with E-state index in [2.05, 4.69) is 27.3 Å². The molecule has 0 radical (unpaired) electrons. The largest absolute Gasteiger partial charge is 0.359 e. The Labute approximate surface area is 199 Å². The standard InChI is InChI=1S/C24H35BrN2O3S/c1-26-23(29)14-13-19(18-28)27-17-21-20(24(27)30)11-10-12-22(21)31-16-9-7-5-3-2-4-6-8-15-25/h10-12,18-19H,2-9,13-17H2,1H3,(H,26,29). The Balaban J connectivity index is 1.79. The molecule has 1 aliphatic rings. The van der Waals surface area contributed by atoms with E-state index in [-0.39, 0.29) is 18.2 Å². The summed E-state index contributed by atoms with van der Waals surface area (Å²) in [5.41, 5.74) is 1.72. The molecule has 1 heterocycles. The highest BCUT2D eigenvalue weighted by molar-refractivity contribution is 9.09. The Morgan fingerprint density at radius 3 is 2.48 bits per heavy atom. The lowest BCUT2D eigenvalue weighted by molar-refractivity contribution is -0.121. The van der Waals surface area contributed by atoms with Gasteiger partial charge in [-0.05, 0) is 42.7 Å². The molecule has 0 aromatic heterocycles. The van der Waals surface area contributed by atoms with Crippen LogP contribution in [0.1, 0.15) is 80.1 Å². The summed E-state index contributed by atoms with van der Waals surface area (Å²) in [6, 6.07) is 5.28. The van der Waals surface area contributed by atoms with Gasteiger partial charge in [-0.25, -0.2) is 0 Å². The number of unbranched alkanes of at least 4 members (excludes halogenated alkanes) is 7. The van der Waals surface area contributed by atoms with Crippen molar-refractivity contribution in [3.63, 3.8) is 0 Å². The zero-order valence-corrected chi connectivity index (χ0v) is 20.9. The van der Waals surface area contributed by atoms with E-state index in [4.69, 9.17) is 0 Å². The first-order valence-corrected chi connectivity index (χ1v) is 13.5. The lowest BCUT2D eigenvalue weighted by atomic mass is 10.1. The van der Waals surface area contributed by atoms with Crippen LogP contribution in [0.15, 0.2) is 23.1 Å². The maximum absolute atomic E-state index is 12.9. The molecule has 0 fully saturated rings. The van der Waals surface area contributed by atoms with Crippen molar-refractivity contribution in [1.29, 1.82) is 0 Å². The van der Waals surface area contributed by atoms with Gasteiger partial charge in [-0.2, -0.15) is 0 Å².